The van der Waals surface area contributed by atoms with Crippen LogP contribution in [0.4, 0.5) is 0 Å². The summed E-state index contributed by atoms with van der Waals surface area (Å²) in [6.45, 7) is 2.91. The molecule has 0 bridgehead atoms. The van der Waals surface area contributed by atoms with Crippen molar-refractivity contribution in [2.45, 2.75) is 25.7 Å². The summed E-state index contributed by atoms with van der Waals surface area (Å²) in [5.41, 5.74) is 0.908. The summed E-state index contributed by atoms with van der Waals surface area (Å²) in [6.07, 6.45) is 6.82. The molecule has 0 aromatic carbocycles. The zero-order valence-electron chi connectivity index (χ0n) is 7.88. The fourth-order valence-corrected chi connectivity index (χ4v) is 1.99. The minimum absolute atomic E-state index is 0.119. The lowest BCUT2D eigenvalue weighted by molar-refractivity contribution is -0.119. The molecule has 2 aliphatic rings. The van der Waals surface area contributed by atoms with E-state index in [1.807, 2.05) is 0 Å². The first-order valence-corrected chi connectivity index (χ1v) is 5.11. The predicted octanol–water partition coefficient (Wildman–Crippen LogP) is 0.876. The topological polar surface area (TPSA) is 32.3 Å². The smallest absolute Gasteiger partial charge is 0.267 e. The highest BCUT2D eigenvalue weighted by Gasteiger charge is 2.20. The molecule has 1 amide bonds. The molecule has 0 unspecified atom stereocenters. The fraction of sp³-hybridized carbons (Fsp3) is 0.700. The van der Waals surface area contributed by atoms with Crippen molar-refractivity contribution >= 4 is 5.91 Å². The fourth-order valence-electron chi connectivity index (χ4n) is 1.99. The lowest BCUT2D eigenvalue weighted by Crippen LogP contribution is -2.40. The lowest BCUT2D eigenvalue weighted by atomic mass is 10.1. The van der Waals surface area contributed by atoms with Gasteiger partial charge < -0.3 is 10.2 Å². The van der Waals surface area contributed by atoms with Crippen molar-refractivity contribution in [1.82, 2.24) is 10.2 Å². The van der Waals surface area contributed by atoms with Gasteiger partial charge >= 0.3 is 0 Å². The second-order valence-corrected chi connectivity index (χ2v) is 3.68. The third-order valence-corrected chi connectivity index (χ3v) is 2.70. The molecule has 3 nitrogen and oxygen atoms in total. The molecule has 1 N–H and O–H groups in total. The number of piperidine rings is 1. The zero-order valence-corrected chi connectivity index (χ0v) is 7.88. The van der Waals surface area contributed by atoms with Crippen LogP contribution in [-0.4, -0.2) is 30.4 Å². The molecule has 2 aliphatic heterocycles. The summed E-state index contributed by atoms with van der Waals surface area (Å²) in [5, 5.41) is 2.88. The van der Waals surface area contributed by atoms with Gasteiger partial charge in [-0.1, -0.05) is 6.08 Å². The normalized spacial score (nSPS) is 23.8. The maximum atomic E-state index is 11.5. The van der Waals surface area contributed by atoms with Crippen LogP contribution in [0.1, 0.15) is 25.7 Å². The van der Waals surface area contributed by atoms with E-state index >= 15 is 0 Å². The molecule has 0 spiro atoms. The molecule has 72 valence electrons. The summed E-state index contributed by atoms with van der Waals surface area (Å²) in [5.74, 6) is 0.119. The van der Waals surface area contributed by atoms with Gasteiger partial charge in [-0.15, -0.1) is 0 Å². The van der Waals surface area contributed by atoms with Gasteiger partial charge in [-0.2, -0.15) is 0 Å². The second-order valence-electron chi connectivity index (χ2n) is 3.68. The minimum atomic E-state index is 0.119. The molecule has 2 rings (SSSR count). The van der Waals surface area contributed by atoms with Crippen LogP contribution in [0.3, 0.4) is 0 Å². The number of nitrogens with zero attached hydrogens (tertiary/aromatic N) is 1. The molecule has 0 aromatic heterocycles. The van der Waals surface area contributed by atoms with Crippen molar-refractivity contribution in [3.63, 3.8) is 0 Å². The molecule has 0 saturated carbocycles. The number of amides is 1. The lowest BCUT2D eigenvalue weighted by Gasteiger charge is -2.31. The summed E-state index contributed by atoms with van der Waals surface area (Å²) < 4.78 is 0. The van der Waals surface area contributed by atoms with Crippen LogP contribution in [0, 0.1) is 0 Å². The molecule has 1 fully saturated rings. The maximum Gasteiger partial charge on any atom is 0.267 e. The van der Waals surface area contributed by atoms with Gasteiger partial charge in [0.2, 0.25) is 0 Å². The Balaban J connectivity index is 2.04. The number of likely N-dealkylation sites (tertiary alicyclic amines) is 1. The van der Waals surface area contributed by atoms with E-state index in [1.54, 1.807) is 0 Å². The van der Waals surface area contributed by atoms with E-state index in [2.05, 4.69) is 16.3 Å². The molecule has 13 heavy (non-hydrogen) atoms. The average Bonchev–Trinajstić information content (AvgIpc) is 2.20. The number of rotatable bonds is 1. The van der Waals surface area contributed by atoms with Crippen molar-refractivity contribution in [1.29, 1.82) is 0 Å². The van der Waals surface area contributed by atoms with Crippen molar-refractivity contribution in [3.05, 3.63) is 11.8 Å². The van der Waals surface area contributed by atoms with Gasteiger partial charge in [0.25, 0.3) is 5.91 Å². The quantitative estimate of drug-likeness (QED) is 0.649. The second kappa shape index (κ2) is 3.81. The summed E-state index contributed by atoms with van der Waals surface area (Å²) in [7, 11) is 0. The Bertz CT molecular complexity index is 229. The van der Waals surface area contributed by atoms with Crippen LogP contribution in [0.15, 0.2) is 11.8 Å². The minimum Gasteiger partial charge on any atom is -0.367 e. The SMILES string of the molecule is O=C1NCCC=C1N1CCCCC1. The van der Waals surface area contributed by atoms with E-state index in [9.17, 15) is 4.79 Å². The number of hydrogen-bond donors (Lipinski definition) is 1. The van der Waals surface area contributed by atoms with E-state index in [4.69, 9.17) is 0 Å². The first-order valence-electron chi connectivity index (χ1n) is 5.11. The molecule has 0 aliphatic carbocycles. The third kappa shape index (κ3) is 1.85. The summed E-state index contributed by atoms with van der Waals surface area (Å²) in [6, 6.07) is 0. The van der Waals surface area contributed by atoms with Crippen LogP contribution in [-0.2, 0) is 4.79 Å². The third-order valence-electron chi connectivity index (χ3n) is 2.70. The summed E-state index contributed by atoms with van der Waals surface area (Å²) >= 11 is 0. The highest BCUT2D eigenvalue weighted by atomic mass is 16.2. The highest BCUT2D eigenvalue weighted by molar-refractivity contribution is 5.93. The Morgan fingerprint density at radius 2 is 2.00 bits per heavy atom. The molecule has 0 radical (unpaired) electrons. The molecule has 3 heteroatoms. The molecule has 0 aromatic rings. The van der Waals surface area contributed by atoms with Gasteiger partial charge in [-0.3, -0.25) is 4.79 Å². The van der Waals surface area contributed by atoms with Gasteiger partial charge in [-0.25, -0.2) is 0 Å². The largest absolute Gasteiger partial charge is 0.367 e. The zero-order chi connectivity index (χ0) is 9.10. The monoisotopic (exact) mass is 180 g/mol. The van der Waals surface area contributed by atoms with Gasteiger partial charge in [-0.05, 0) is 25.7 Å². The predicted molar refractivity (Wildman–Crippen MR) is 51.1 cm³/mol. The van der Waals surface area contributed by atoms with Crippen molar-refractivity contribution in [2.24, 2.45) is 0 Å². The van der Waals surface area contributed by atoms with E-state index in [1.165, 1.54) is 19.3 Å². The van der Waals surface area contributed by atoms with E-state index in [0.717, 1.165) is 31.8 Å². The highest BCUT2D eigenvalue weighted by Crippen LogP contribution is 2.16. The van der Waals surface area contributed by atoms with Gasteiger partial charge in [0.15, 0.2) is 0 Å². The van der Waals surface area contributed by atoms with Gasteiger partial charge in [0.05, 0.1) is 5.70 Å². The van der Waals surface area contributed by atoms with Crippen LogP contribution in [0.2, 0.25) is 0 Å². The number of nitrogens with one attached hydrogen (secondary N) is 1. The van der Waals surface area contributed by atoms with Gasteiger partial charge in [0, 0.05) is 19.6 Å². The van der Waals surface area contributed by atoms with Crippen LogP contribution >= 0.6 is 0 Å². The van der Waals surface area contributed by atoms with Crippen LogP contribution < -0.4 is 5.32 Å². The first kappa shape index (κ1) is 8.60. The molecule has 0 atom stereocenters. The summed E-state index contributed by atoms with van der Waals surface area (Å²) in [4.78, 5) is 13.7. The Kier molecular flexibility index (Phi) is 2.52. The van der Waals surface area contributed by atoms with E-state index < -0.39 is 0 Å². The molecule has 2 heterocycles. The van der Waals surface area contributed by atoms with Gasteiger partial charge in [0.1, 0.15) is 0 Å². The van der Waals surface area contributed by atoms with Crippen molar-refractivity contribution in [3.8, 4) is 0 Å². The number of hydrogen-bond acceptors (Lipinski definition) is 2. The standard InChI is InChI=1S/C10H16N2O/c13-10-9(5-4-6-11-10)12-7-2-1-3-8-12/h5H,1-4,6-8H2,(H,11,13). The Hall–Kier alpha value is -0.990. The van der Waals surface area contributed by atoms with Crippen LogP contribution in [0.5, 0.6) is 0 Å². The Morgan fingerprint density at radius 3 is 2.69 bits per heavy atom. The van der Waals surface area contributed by atoms with Crippen LogP contribution in [0.25, 0.3) is 0 Å². The molecule has 1 saturated heterocycles. The number of carbonyl (C=O) groups excluding carboxylic acids is 1. The first-order chi connectivity index (χ1) is 6.38. The molecular weight excluding hydrogens is 164 g/mol. The van der Waals surface area contributed by atoms with Crippen molar-refractivity contribution in [2.75, 3.05) is 19.6 Å². The number of carbonyl (C=O) groups is 1. The average molecular weight is 180 g/mol. The molecular formula is C10H16N2O. The van der Waals surface area contributed by atoms with E-state index in [-0.39, 0.29) is 5.91 Å². The Labute approximate surface area is 78.8 Å². The Morgan fingerprint density at radius 1 is 1.23 bits per heavy atom. The van der Waals surface area contributed by atoms with Crippen molar-refractivity contribution < 1.29 is 4.79 Å². The van der Waals surface area contributed by atoms with E-state index in [0.29, 0.717) is 0 Å². The maximum absolute atomic E-state index is 11.5.